The van der Waals surface area contributed by atoms with Gasteiger partial charge in [-0.1, -0.05) is 0 Å². The van der Waals surface area contributed by atoms with Gasteiger partial charge >= 0.3 is 5.97 Å². The second-order valence-electron chi connectivity index (χ2n) is 3.96. The van der Waals surface area contributed by atoms with Gasteiger partial charge in [-0.25, -0.2) is 0 Å². The van der Waals surface area contributed by atoms with E-state index >= 15 is 0 Å². The van der Waals surface area contributed by atoms with Gasteiger partial charge < -0.3 is 10.4 Å². The lowest BCUT2D eigenvalue weighted by Gasteiger charge is -2.23. The Kier molecular flexibility index (Phi) is 3.60. The lowest BCUT2D eigenvalue weighted by atomic mass is 10.1. The number of aromatic nitrogens is 2. The fourth-order valence-corrected chi connectivity index (χ4v) is 2.59. The number of carboxylic acids is 1. The average Bonchev–Trinajstić information content (AvgIpc) is 2.61. The summed E-state index contributed by atoms with van der Waals surface area (Å²) in [6.45, 7) is 1.98. The molecular formula is C10H14BrN3O2. The molecule has 0 saturated carbocycles. The van der Waals surface area contributed by atoms with E-state index in [9.17, 15) is 4.79 Å². The number of hydrogen-bond acceptors (Lipinski definition) is 3. The summed E-state index contributed by atoms with van der Waals surface area (Å²) in [5.41, 5.74) is 0.742. The molecule has 88 valence electrons. The van der Waals surface area contributed by atoms with E-state index in [2.05, 4.69) is 26.3 Å². The molecule has 0 unspecified atom stereocenters. The van der Waals surface area contributed by atoms with Crippen molar-refractivity contribution in [1.29, 1.82) is 0 Å². The van der Waals surface area contributed by atoms with E-state index in [1.165, 1.54) is 0 Å². The number of rotatable bonds is 3. The van der Waals surface area contributed by atoms with E-state index in [4.69, 9.17) is 5.11 Å². The zero-order valence-corrected chi connectivity index (χ0v) is 10.4. The Hall–Kier alpha value is -0.880. The molecule has 2 N–H and O–H groups in total. The third kappa shape index (κ3) is 2.44. The van der Waals surface area contributed by atoms with Crippen molar-refractivity contribution in [3.05, 3.63) is 16.4 Å². The van der Waals surface area contributed by atoms with Crippen LogP contribution in [-0.2, 0) is 11.2 Å². The van der Waals surface area contributed by atoms with Crippen molar-refractivity contribution < 1.29 is 9.90 Å². The Morgan fingerprint density at radius 1 is 1.62 bits per heavy atom. The molecule has 1 aliphatic rings. The first-order chi connectivity index (χ1) is 7.68. The molecule has 16 heavy (non-hydrogen) atoms. The first-order valence-corrected chi connectivity index (χ1v) is 6.12. The van der Waals surface area contributed by atoms with Crippen molar-refractivity contribution in [3.63, 3.8) is 0 Å². The lowest BCUT2D eigenvalue weighted by molar-refractivity contribution is -0.136. The highest BCUT2D eigenvalue weighted by molar-refractivity contribution is 9.10. The predicted octanol–water partition coefficient (Wildman–Crippen LogP) is 1.20. The number of carbonyl (C=O) groups is 1. The number of piperidine rings is 1. The third-order valence-corrected chi connectivity index (χ3v) is 3.67. The van der Waals surface area contributed by atoms with Gasteiger partial charge in [-0.3, -0.25) is 9.48 Å². The number of nitrogens with zero attached hydrogens (tertiary/aromatic N) is 2. The molecule has 1 fully saturated rings. The maximum atomic E-state index is 10.6. The van der Waals surface area contributed by atoms with Gasteiger partial charge in [-0.05, 0) is 41.9 Å². The fraction of sp³-hybridized carbons (Fsp3) is 0.600. The van der Waals surface area contributed by atoms with Crippen LogP contribution in [0.5, 0.6) is 0 Å². The van der Waals surface area contributed by atoms with E-state index in [1.807, 2.05) is 4.68 Å². The first-order valence-electron chi connectivity index (χ1n) is 5.33. The summed E-state index contributed by atoms with van der Waals surface area (Å²) in [7, 11) is 0. The Bertz CT molecular complexity index is 385. The standard InChI is InChI=1S/C10H14BrN3O2/c11-10-7(5-9(15)16)6-13-14(10)8-1-3-12-4-2-8/h6,8,12H,1-5H2,(H,15,16). The highest BCUT2D eigenvalue weighted by Gasteiger charge is 2.20. The molecule has 6 heteroatoms. The van der Waals surface area contributed by atoms with Crippen LogP contribution in [0, 0.1) is 0 Å². The summed E-state index contributed by atoms with van der Waals surface area (Å²) >= 11 is 3.43. The molecule has 0 amide bonds. The summed E-state index contributed by atoms with van der Waals surface area (Å²) in [5.74, 6) is -0.828. The molecule has 1 aliphatic heterocycles. The van der Waals surface area contributed by atoms with Gasteiger partial charge in [0.25, 0.3) is 0 Å². The Balaban J connectivity index is 2.15. The smallest absolute Gasteiger partial charge is 0.307 e. The molecule has 0 aromatic carbocycles. The summed E-state index contributed by atoms with van der Waals surface area (Å²) in [4.78, 5) is 10.6. The van der Waals surface area contributed by atoms with Crippen LogP contribution in [0.2, 0.25) is 0 Å². The van der Waals surface area contributed by atoms with E-state index in [-0.39, 0.29) is 6.42 Å². The van der Waals surface area contributed by atoms with Crippen molar-refractivity contribution >= 4 is 21.9 Å². The summed E-state index contributed by atoms with van der Waals surface area (Å²) in [6, 6.07) is 0.373. The molecule has 0 radical (unpaired) electrons. The average molecular weight is 288 g/mol. The highest BCUT2D eigenvalue weighted by atomic mass is 79.9. The number of halogens is 1. The second-order valence-corrected chi connectivity index (χ2v) is 4.71. The van der Waals surface area contributed by atoms with Gasteiger partial charge in [-0.2, -0.15) is 5.10 Å². The van der Waals surface area contributed by atoms with E-state index in [0.717, 1.165) is 36.1 Å². The molecule has 0 bridgehead atoms. The van der Waals surface area contributed by atoms with Crippen molar-refractivity contribution in [3.8, 4) is 0 Å². The van der Waals surface area contributed by atoms with Gasteiger partial charge in [0.1, 0.15) is 4.60 Å². The van der Waals surface area contributed by atoms with Crippen LogP contribution in [0.4, 0.5) is 0 Å². The summed E-state index contributed by atoms with van der Waals surface area (Å²) < 4.78 is 2.71. The maximum Gasteiger partial charge on any atom is 0.307 e. The zero-order chi connectivity index (χ0) is 11.5. The molecule has 1 saturated heterocycles. The normalized spacial score (nSPS) is 17.6. The van der Waals surface area contributed by atoms with Crippen LogP contribution < -0.4 is 5.32 Å². The van der Waals surface area contributed by atoms with Crippen LogP contribution in [0.25, 0.3) is 0 Å². The van der Waals surface area contributed by atoms with Gasteiger partial charge in [0.2, 0.25) is 0 Å². The van der Waals surface area contributed by atoms with Gasteiger partial charge in [0, 0.05) is 5.56 Å². The van der Waals surface area contributed by atoms with Gasteiger partial charge in [0.15, 0.2) is 0 Å². The van der Waals surface area contributed by atoms with Gasteiger partial charge in [0.05, 0.1) is 18.7 Å². The van der Waals surface area contributed by atoms with E-state index < -0.39 is 5.97 Å². The molecule has 2 heterocycles. The largest absolute Gasteiger partial charge is 0.481 e. The Labute approximate surface area is 102 Å². The predicted molar refractivity (Wildman–Crippen MR) is 62.4 cm³/mol. The zero-order valence-electron chi connectivity index (χ0n) is 8.82. The molecule has 0 spiro atoms. The minimum Gasteiger partial charge on any atom is -0.481 e. The van der Waals surface area contributed by atoms with Crippen LogP contribution in [0.15, 0.2) is 10.8 Å². The van der Waals surface area contributed by atoms with Crippen LogP contribution in [-0.4, -0.2) is 33.9 Å². The third-order valence-electron chi connectivity index (χ3n) is 2.80. The lowest BCUT2D eigenvalue weighted by Crippen LogP contribution is -2.30. The minimum absolute atomic E-state index is 0.0194. The van der Waals surface area contributed by atoms with E-state index in [0.29, 0.717) is 6.04 Å². The van der Waals surface area contributed by atoms with Crippen molar-refractivity contribution in [2.45, 2.75) is 25.3 Å². The monoisotopic (exact) mass is 287 g/mol. The summed E-state index contributed by atoms with van der Waals surface area (Å²) in [5, 5.41) is 16.3. The van der Waals surface area contributed by atoms with Crippen molar-refractivity contribution in [1.82, 2.24) is 15.1 Å². The number of nitrogens with one attached hydrogen (secondary N) is 1. The Morgan fingerprint density at radius 3 is 2.94 bits per heavy atom. The number of hydrogen-bond donors (Lipinski definition) is 2. The minimum atomic E-state index is -0.828. The topological polar surface area (TPSA) is 67.1 Å². The van der Waals surface area contributed by atoms with Crippen molar-refractivity contribution in [2.24, 2.45) is 0 Å². The molecule has 2 rings (SSSR count). The summed E-state index contributed by atoms with van der Waals surface area (Å²) in [6.07, 6.45) is 3.73. The Morgan fingerprint density at radius 2 is 2.31 bits per heavy atom. The number of carboxylic acid groups (broad SMARTS) is 1. The number of aliphatic carboxylic acids is 1. The highest BCUT2D eigenvalue weighted by Crippen LogP contribution is 2.25. The van der Waals surface area contributed by atoms with E-state index in [1.54, 1.807) is 6.20 Å². The molecular weight excluding hydrogens is 274 g/mol. The first kappa shape index (κ1) is 11.6. The molecule has 0 aliphatic carbocycles. The second kappa shape index (κ2) is 4.97. The van der Waals surface area contributed by atoms with Gasteiger partial charge in [-0.15, -0.1) is 0 Å². The van der Waals surface area contributed by atoms with Crippen molar-refractivity contribution in [2.75, 3.05) is 13.1 Å². The maximum absolute atomic E-state index is 10.6. The van der Waals surface area contributed by atoms with Crippen LogP contribution in [0.3, 0.4) is 0 Å². The molecule has 1 aromatic rings. The fourth-order valence-electron chi connectivity index (χ4n) is 1.97. The molecule has 0 atom stereocenters. The van der Waals surface area contributed by atoms with Crippen LogP contribution in [0.1, 0.15) is 24.4 Å². The molecule has 5 nitrogen and oxygen atoms in total. The quantitative estimate of drug-likeness (QED) is 0.877. The van der Waals surface area contributed by atoms with Crippen LogP contribution >= 0.6 is 15.9 Å². The molecule has 1 aromatic heterocycles. The SMILES string of the molecule is O=C(O)Cc1cnn(C2CCNCC2)c1Br.